The second-order valence-electron chi connectivity index (χ2n) is 6.93. The Kier molecular flexibility index (Phi) is 8.40. The van der Waals surface area contributed by atoms with Gasteiger partial charge < -0.3 is 21.4 Å². The number of nitrogens with two attached hydrogens (primary N) is 1. The highest BCUT2D eigenvalue weighted by atomic mass is 35.5. The van der Waals surface area contributed by atoms with E-state index in [2.05, 4.69) is 30.6 Å². The Bertz CT molecular complexity index is 735. The molecular weight excluding hydrogens is 384 g/mol. The van der Waals surface area contributed by atoms with Crippen molar-refractivity contribution in [3.8, 4) is 0 Å². The highest BCUT2D eigenvalue weighted by Gasteiger charge is 2.22. The highest BCUT2D eigenvalue weighted by Crippen LogP contribution is 2.29. The summed E-state index contributed by atoms with van der Waals surface area (Å²) in [7, 11) is 0. The van der Waals surface area contributed by atoms with E-state index in [9.17, 15) is 10.1 Å². The van der Waals surface area contributed by atoms with Gasteiger partial charge in [-0.15, -0.1) is 12.4 Å². The van der Waals surface area contributed by atoms with E-state index in [4.69, 9.17) is 5.73 Å². The van der Waals surface area contributed by atoms with Crippen LogP contribution < -0.4 is 16.4 Å². The maximum absolute atomic E-state index is 11.3. The van der Waals surface area contributed by atoms with Crippen LogP contribution in [0.5, 0.6) is 0 Å². The van der Waals surface area contributed by atoms with Crippen LogP contribution in [0.2, 0.25) is 0 Å². The van der Waals surface area contributed by atoms with Gasteiger partial charge in [-0.2, -0.15) is 4.98 Å². The van der Waals surface area contributed by atoms with E-state index >= 15 is 0 Å². The molecule has 1 fully saturated rings. The molecule has 2 aromatic rings. The summed E-state index contributed by atoms with van der Waals surface area (Å²) in [5, 5.41) is 17.5. The van der Waals surface area contributed by atoms with Crippen molar-refractivity contribution in [1.82, 2.24) is 19.9 Å². The fourth-order valence-corrected chi connectivity index (χ4v) is 3.37. The monoisotopic (exact) mass is 410 g/mol. The molecule has 1 saturated carbocycles. The van der Waals surface area contributed by atoms with Crippen molar-refractivity contribution in [3.63, 3.8) is 0 Å². The topological polar surface area (TPSA) is 148 Å². The number of aromatic amines is 1. The molecule has 0 bridgehead atoms. The number of imidazole rings is 1. The van der Waals surface area contributed by atoms with E-state index in [1.807, 2.05) is 6.20 Å². The molecule has 0 unspecified atom stereocenters. The van der Waals surface area contributed by atoms with E-state index < -0.39 is 4.92 Å². The highest BCUT2D eigenvalue weighted by molar-refractivity contribution is 5.85. The molecule has 1 aliphatic carbocycles. The summed E-state index contributed by atoms with van der Waals surface area (Å²) in [5.41, 5.74) is 6.55. The fourth-order valence-electron chi connectivity index (χ4n) is 3.37. The average Bonchev–Trinajstić information content (AvgIpc) is 3.20. The van der Waals surface area contributed by atoms with Gasteiger partial charge in [0.15, 0.2) is 0 Å². The van der Waals surface area contributed by atoms with Crippen LogP contribution >= 0.6 is 12.4 Å². The van der Waals surface area contributed by atoms with Gasteiger partial charge >= 0.3 is 5.69 Å². The zero-order valence-electron chi connectivity index (χ0n) is 15.6. The molecule has 0 saturated heterocycles. The molecule has 1 aliphatic rings. The summed E-state index contributed by atoms with van der Waals surface area (Å²) in [6.07, 6.45) is 9.81. The molecule has 0 amide bonds. The largest absolute Gasteiger partial charge is 0.364 e. The molecule has 0 radical (unpaired) electrons. The zero-order chi connectivity index (χ0) is 19.1. The molecule has 28 heavy (non-hydrogen) atoms. The van der Waals surface area contributed by atoms with Crippen molar-refractivity contribution >= 4 is 29.9 Å². The Morgan fingerprint density at radius 2 is 1.96 bits per heavy atom. The quantitative estimate of drug-likeness (QED) is 0.363. The lowest BCUT2D eigenvalue weighted by Crippen LogP contribution is -2.25. The van der Waals surface area contributed by atoms with Crippen LogP contribution in [0.3, 0.4) is 0 Å². The van der Waals surface area contributed by atoms with Gasteiger partial charge in [-0.3, -0.25) is 10.1 Å². The molecule has 0 spiro atoms. The lowest BCUT2D eigenvalue weighted by molar-refractivity contribution is -0.384. The molecule has 11 heteroatoms. The number of hydrogen-bond acceptors (Lipinski definition) is 8. The SMILES string of the molecule is Cl.NCC1CCC(CNc2nc(NCCc3c[nH]cn3)ncc2[N+](=O)[O-])CC1. The van der Waals surface area contributed by atoms with Crippen LogP contribution in [-0.2, 0) is 6.42 Å². The third-order valence-corrected chi connectivity index (χ3v) is 5.04. The Morgan fingerprint density at radius 3 is 2.61 bits per heavy atom. The summed E-state index contributed by atoms with van der Waals surface area (Å²) in [5.74, 6) is 1.72. The van der Waals surface area contributed by atoms with Gasteiger partial charge in [0, 0.05) is 25.7 Å². The molecule has 2 heterocycles. The number of nitrogens with one attached hydrogen (secondary N) is 3. The maximum atomic E-state index is 11.3. The van der Waals surface area contributed by atoms with Gasteiger partial charge in [-0.1, -0.05) is 0 Å². The van der Waals surface area contributed by atoms with Crippen LogP contribution in [0.4, 0.5) is 17.5 Å². The lowest BCUT2D eigenvalue weighted by atomic mass is 9.82. The molecule has 154 valence electrons. The standard InChI is InChI=1S/C17H26N8O2.ClH/c18-7-12-1-3-13(4-2-12)8-21-16-15(25(26)27)10-22-17(24-16)20-6-5-14-9-19-11-23-14;/h9-13H,1-8,18H2,(H,19,23)(H2,20,21,22,24);1H. The van der Waals surface area contributed by atoms with Crippen molar-refractivity contribution in [2.45, 2.75) is 32.1 Å². The number of H-pyrrole nitrogens is 1. The van der Waals surface area contributed by atoms with Crippen molar-refractivity contribution in [1.29, 1.82) is 0 Å². The number of anilines is 2. The normalized spacial score (nSPS) is 18.9. The van der Waals surface area contributed by atoms with E-state index in [1.165, 1.54) is 6.20 Å². The average molecular weight is 411 g/mol. The Balaban J connectivity index is 0.00000280. The fraction of sp³-hybridized carbons (Fsp3) is 0.588. The van der Waals surface area contributed by atoms with Crippen molar-refractivity contribution in [2.75, 3.05) is 30.3 Å². The molecule has 0 atom stereocenters. The number of nitrogens with zero attached hydrogens (tertiary/aromatic N) is 4. The summed E-state index contributed by atoms with van der Waals surface area (Å²) in [6.45, 7) is 2.00. The second kappa shape index (κ2) is 10.8. The summed E-state index contributed by atoms with van der Waals surface area (Å²) >= 11 is 0. The Morgan fingerprint density at radius 1 is 1.21 bits per heavy atom. The number of rotatable bonds is 9. The molecule has 5 N–H and O–H groups in total. The second-order valence-corrected chi connectivity index (χ2v) is 6.93. The molecule has 10 nitrogen and oxygen atoms in total. The molecule has 0 aromatic carbocycles. The van der Waals surface area contributed by atoms with Gasteiger partial charge in [-0.05, 0) is 44.1 Å². The number of hydrogen-bond donors (Lipinski definition) is 4. The van der Waals surface area contributed by atoms with E-state index in [0.29, 0.717) is 37.3 Å². The Hall–Kier alpha value is -2.46. The molecule has 3 rings (SSSR count). The van der Waals surface area contributed by atoms with Crippen LogP contribution in [-0.4, -0.2) is 44.5 Å². The lowest BCUT2D eigenvalue weighted by Gasteiger charge is -2.27. The van der Waals surface area contributed by atoms with Crippen molar-refractivity contribution < 1.29 is 4.92 Å². The van der Waals surface area contributed by atoms with Crippen LogP contribution in [0.1, 0.15) is 31.4 Å². The van der Waals surface area contributed by atoms with E-state index in [0.717, 1.165) is 37.9 Å². The smallest absolute Gasteiger partial charge is 0.329 e. The minimum absolute atomic E-state index is 0. The number of halogens is 1. The van der Waals surface area contributed by atoms with Gasteiger partial charge in [0.2, 0.25) is 11.8 Å². The predicted octanol–water partition coefficient (Wildman–Crippen LogP) is 2.36. The maximum Gasteiger partial charge on any atom is 0.329 e. The first kappa shape index (κ1) is 21.8. The van der Waals surface area contributed by atoms with Crippen molar-refractivity contribution in [2.24, 2.45) is 17.6 Å². The minimum atomic E-state index is -0.457. The van der Waals surface area contributed by atoms with Crippen LogP contribution in [0.25, 0.3) is 0 Å². The number of aromatic nitrogens is 4. The summed E-state index contributed by atoms with van der Waals surface area (Å²) < 4.78 is 0. The third-order valence-electron chi connectivity index (χ3n) is 5.04. The summed E-state index contributed by atoms with van der Waals surface area (Å²) in [6, 6.07) is 0. The minimum Gasteiger partial charge on any atom is -0.364 e. The van der Waals surface area contributed by atoms with E-state index in [1.54, 1.807) is 6.33 Å². The summed E-state index contributed by atoms with van der Waals surface area (Å²) in [4.78, 5) is 26.2. The first-order valence-electron chi connectivity index (χ1n) is 9.32. The first-order chi connectivity index (χ1) is 13.2. The first-order valence-corrected chi connectivity index (χ1v) is 9.32. The molecule has 0 aliphatic heterocycles. The van der Waals surface area contributed by atoms with Gasteiger partial charge in [-0.25, -0.2) is 9.97 Å². The zero-order valence-corrected chi connectivity index (χ0v) is 16.5. The van der Waals surface area contributed by atoms with Gasteiger partial charge in [0.1, 0.15) is 6.20 Å². The van der Waals surface area contributed by atoms with Crippen molar-refractivity contribution in [3.05, 3.63) is 34.5 Å². The van der Waals surface area contributed by atoms with Crippen LogP contribution in [0, 0.1) is 22.0 Å². The van der Waals surface area contributed by atoms with E-state index in [-0.39, 0.29) is 23.9 Å². The predicted molar refractivity (Wildman–Crippen MR) is 110 cm³/mol. The number of nitro groups is 1. The van der Waals surface area contributed by atoms with Gasteiger partial charge in [0.05, 0.1) is 16.9 Å². The van der Waals surface area contributed by atoms with Crippen LogP contribution in [0.15, 0.2) is 18.7 Å². The molecule has 2 aromatic heterocycles. The Labute approximate surface area is 169 Å². The molecular formula is C17H27ClN8O2. The van der Waals surface area contributed by atoms with Gasteiger partial charge in [0.25, 0.3) is 0 Å². The third kappa shape index (κ3) is 6.03.